The summed E-state index contributed by atoms with van der Waals surface area (Å²) < 4.78 is 7.05. The van der Waals surface area contributed by atoms with Crippen LogP contribution in [0.25, 0.3) is 107 Å². The Balaban J connectivity index is 1.41. The Labute approximate surface area is 334 Å². The fourth-order valence-corrected chi connectivity index (χ4v) is 8.78. The molecular weight excluding hydrogens is 709 g/mol. The Kier molecular flexibility index (Phi) is 7.76. The van der Waals surface area contributed by atoms with Gasteiger partial charge < -0.3 is 9.13 Å². The molecule has 4 heterocycles. The standard InChI is InChI=1S/C52H36N6/c1-3-20-42-37(4-2)47-48-41(40-29-16-17-30-43(40)56(48)36-25-12-7-13-26-36)33-46(57-44-31-18-14-27-38(44)39-28-15-19-32-45(39)57)49(47)58(42)52-54-50(34-21-8-5-9-22-34)53-51(55-52)35-23-10-6-11-24-35/h3-33H,2H2,1H3/b20-3-. The maximum atomic E-state index is 5.35. The zero-order valence-electron chi connectivity index (χ0n) is 31.8. The summed E-state index contributed by atoms with van der Waals surface area (Å²) in [5.41, 5.74) is 11.2. The average molecular weight is 745 g/mol. The van der Waals surface area contributed by atoms with E-state index in [2.05, 4.69) is 173 Å². The van der Waals surface area contributed by atoms with Crippen molar-refractivity contribution in [2.75, 3.05) is 0 Å². The molecule has 274 valence electrons. The molecule has 0 saturated heterocycles. The first-order valence-electron chi connectivity index (χ1n) is 19.5. The second-order valence-corrected chi connectivity index (χ2v) is 14.4. The first kappa shape index (κ1) is 33.5. The predicted octanol–water partition coefficient (Wildman–Crippen LogP) is 13.0. The molecule has 0 spiro atoms. The normalized spacial score (nSPS) is 11.9. The third-order valence-corrected chi connectivity index (χ3v) is 11.2. The minimum absolute atomic E-state index is 0.516. The minimum atomic E-state index is 0.516. The molecule has 0 amide bonds. The molecule has 0 fully saturated rings. The average Bonchev–Trinajstić information content (AvgIpc) is 3.92. The number of hydrogen-bond acceptors (Lipinski definition) is 3. The molecule has 0 aliphatic rings. The Morgan fingerprint density at radius 3 is 1.50 bits per heavy atom. The van der Waals surface area contributed by atoms with Gasteiger partial charge in [-0.15, -0.1) is 0 Å². The fourth-order valence-electron chi connectivity index (χ4n) is 8.78. The van der Waals surface area contributed by atoms with E-state index in [4.69, 9.17) is 15.0 Å². The molecule has 0 saturated carbocycles. The summed E-state index contributed by atoms with van der Waals surface area (Å²) in [5, 5.41) is 5.74. The Bertz CT molecular complexity index is 3290. The van der Waals surface area contributed by atoms with Crippen LogP contribution in [0.1, 0.15) is 18.2 Å². The topological polar surface area (TPSA) is 53.5 Å². The van der Waals surface area contributed by atoms with Crippen molar-refractivity contribution in [3.05, 3.63) is 194 Å². The fraction of sp³-hybridized carbons (Fsp3) is 0.0192. The van der Waals surface area contributed by atoms with E-state index in [9.17, 15) is 0 Å². The van der Waals surface area contributed by atoms with Crippen molar-refractivity contribution in [2.45, 2.75) is 6.92 Å². The number of fused-ring (bicyclic) bond motifs is 8. The van der Waals surface area contributed by atoms with Crippen LogP contribution < -0.4 is 0 Å². The lowest BCUT2D eigenvalue weighted by Gasteiger charge is -2.16. The van der Waals surface area contributed by atoms with Gasteiger partial charge >= 0.3 is 0 Å². The summed E-state index contributed by atoms with van der Waals surface area (Å²) in [4.78, 5) is 15.8. The summed E-state index contributed by atoms with van der Waals surface area (Å²) in [5.74, 6) is 1.70. The Morgan fingerprint density at radius 2 is 0.966 bits per heavy atom. The molecule has 0 unspecified atom stereocenters. The van der Waals surface area contributed by atoms with Gasteiger partial charge in [-0.3, -0.25) is 4.57 Å². The molecule has 11 rings (SSSR count). The smallest absolute Gasteiger partial charge is 0.238 e. The molecule has 0 radical (unpaired) electrons. The zero-order valence-corrected chi connectivity index (χ0v) is 31.8. The first-order valence-corrected chi connectivity index (χ1v) is 19.5. The minimum Gasteiger partial charge on any atom is -0.309 e. The molecule has 0 atom stereocenters. The van der Waals surface area contributed by atoms with Crippen molar-refractivity contribution >= 4 is 66.7 Å². The van der Waals surface area contributed by atoms with Gasteiger partial charge in [0.1, 0.15) is 0 Å². The van der Waals surface area contributed by atoms with Crippen LogP contribution in [0.15, 0.2) is 183 Å². The number of nitrogens with zero attached hydrogens (tertiary/aromatic N) is 6. The summed E-state index contributed by atoms with van der Waals surface area (Å²) >= 11 is 0. The van der Waals surface area contributed by atoms with Gasteiger partial charge in [0.2, 0.25) is 5.95 Å². The lowest BCUT2D eigenvalue weighted by molar-refractivity contribution is 0.922. The number of rotatable bonds is 7. The predicted molar refractivity (Wildman–Crippen MR) is 241 cm³/mol. The van der Waals surface area contributed by atoms with Gasteiger partial charge in [0, 0.05) is 49.3 Å². The van der Waals surface area contributed by atoms with Gasteiger partial charge in [0.15, 0.2) is 11.6 Å². The van der Waals surface area contributed by atoms with Crippen LogP contribution in [0, 0.1) is 0 Å². The third-order valence-electron chi connectivity index (χ3n) is 11.2. The van der Waals surface area contributed by atoms with Crippen molar-refractivity contribution in [3.63, 3.8) is 0 Å². The van der Waals surface area contributed by atoms with Gasteiger partial charge in [0.05, 0.1) is 39.0 Å². The summed E-state index contributed by atoms with van der Waals surface area (Å²) in [6.07, 6.45) is 6.23. The SMILES string of the molecule is C=Cc1c(/C=C\C)n(-c2nc(-c3ccccc3)nc(-c3ccccc3)n2)c2c(-n3c4ccccc4c4ccccc43)cc3c4ccccc4n(-c4ccccc4)c3c12. The molecule has 0 aliphatic carbocycles. The van der Waals surface area contributed by atoms with E-state index in [0.717, 1.165) is 72.1 Å². The molecule has 6 nitrogen and oxygen atoms in total. The molecule has 58 heavy (non-hydrogen) atoms. The zero-order chi connectivity index (χ0) is 38.7. The second-order valence-electron chi connectivity index (χ2n) is 14.4. The summed E-state index contributed by atoms with van der Waals surface area (Å²) in [6.45, 7) is 6.55. The highest BCUT2D eigenvalue weighted by atomic mass is 15.2. The van der Waals surface area contributed by atoms with Crippen molar-refractivity contribution in [1.82, 2.24) is 28.7 Å². The van der Waals surface area contributed by atoms with Crippen LogP contribution >= 0.6 is 0 Å². The Morgan fingerprint density at radius 1 is 0.483 bits per heavy atom. The van der Waals surface area contributed by atoms with E-state index in [0.29, 0.717) is 17.6 Å². The van der Waals surface area contributed by atoms with Crippen LogP contribution in [0.4, 0.5) is 0 Å². The number of para-hydroxylation sites is 4. The van der Waals surface area contributed by atoms with Gasteiger partial charge in [-0.2, -0.15) is 9.97 Å². The molecule has 11 aromatic rings. The Hall–Kier alpha value is -7.83. The van der Waals surface area contributed by atoms with E-state index in [1.807, 2.05) is 42.5 Å². The van der Waals surface area contributed by atoms with Crippen LogP contribution in [0.3, 0.4) is 0 Å². The van der Waals surface area contributed by atoms with Crippen LogP contribution in [-0.4, -0.2) is 28.7 Å². The first-order chi connectivity index (χ1) is 28.7. The number of aromatic nitrogens is 6. The van der Waals surface area contributed by atoms with Crippen LogP contribution in [0.5, 0.6) is 0 Å². The maximum Gasteiger partial charge on any atom is 0.238 e. The molecule has 7 aromatic carbocycles. The lowest BCUT2D eigenvalue weighted by Crippen LogP contribution is -2.09. The molecule has 0 aliphatic heterocycles. The summed E-state index contributed by atoms with van der Waals surface area (Å²) in [6, 6.07) is 59.4. The van der Waals surface area contributed by atoms with E-state index in [1.54, 1.807) is 0 Å². The third kappa shape index (κ3) is 5.02. The highest BCUT2D eigenvalue weighted by Gasteiger charge is 2.28. The largest absolute Gasteiger partial charge is 0.309 e. The molecule has 0 N–H and O–H groups in total. The van der Waals surface area contributed by atoms with Crippen LogP contribution in [0.2, 0.25) is 0 Å². The van der Waals surface area contributed by atoms with E-state index in [1.165, 1.54) is 16.2 Å². The van der Waals surface area contributed by atoms with Crippen molar-refractivity contribution in [2.24, 2.45) is 0 Å². The van der Waals surface area contributed by atoms with Gasteiger partial charge in [-0.1, -0.05) is 152 Å². The van der Waals surface area contributed by atoms with Crippen molar-refractivity contribution in [1.29, 1.82) is 0 Å². The van der Waals surface area contributed by atoms with E-state index in [-0.39, 0.29) is 0 Å². The quantitative estimate of drug-likeness (QED) is 0.163. The molecule has 6 heteroatoms. The molecular formula is C52H36N6. The van der Waals surface area contributed by atoms with Crippen molar-refractivity contribution < 1.29 is 0 Å². The van der Waals surface area contributed by atoms with Gasteiger partial charge in [-0.05, 0) is 49.4 Å². The molecule has 0 bridgehead atoms. The lowest BCUT2D eigenvalue weighted by atomic mass is 10.0. The number of benzene rings is 7. The molecule has 4 aromatic heterocycles. The van der Waals surface area contributed by atoms with Gasteiger partial charge in [0.25, 0.3) is 0 Å². The highest BCUT2D eigenvalue weighted by molar-refractivity contribution is 6.24. The monoisotopic (exact) mass is 744 g/mol. The maximum absolute atomic E-state index is 5.35. The van der Waals surface area contributed by atoms with Gasteiger partial charge in [-0.25, -0.2) is 4.98 Å². The van der Waals surface area contributed by atoms with E-state index >= 15 is 0 Å². The second kappa shape index (κ2) is 13.4. The van der Waals surface area contributed by atoms with Crippen LogP contribution in [-0.2, 0) is 0 Å². The number of allylic oxidation sites excluding steroid dienone is 1. The van der Waals surface area contributed by atoms with E-state index < -0.39 is 0 Å². The van der Waals surface area contributed by atoms with Crippen molar-refractivity contribution in [3.8, 4) is 40.1 Å². The summed E-state index contributed by atoms with van der Waals surface area (Å²) in [7, 11) is 0. The highest BCUT2D eigenvalue weighted by Crippen LogP contribution is 2.46. The number of hydrogen-bond donors (Lipinski definition) is 0.